The highest BCUT2D eigenvalue weighted by molar-refractivity contribution is 14.0. The summed E-state index contributed by atoms with van der Waals surface area (Å²) in [6.07, 6.45) is 2.26. The second kappa shape index (κ2) is 9.64. The van der Waals surface area contributed by atoms with Crippen LogP contribution in [0.3, 0.4) is 0 Å². The van der Waals surface area contributed by atoms with Crippen LogP contribution in [0.5, 0.6) is 11.5 Å². The fourth-order valence-corrected chi connectivity index (χ4v) is 4.27. The highest BCUT2D eigenvalue weighted by Gasteiger charge is 2.58. The van der Waals surface area contributed by atoms with Gasteiger partial charge in [-0.2, -0.15) is 0 Å². The summed E-state index contributed by atoms with van der Waals surface area (Å²) in [5.41, 5.74) is 7.05. The minimum atomic E-state index is 0. The van der Waals surface area contributed by atoms with E-state index in [0.29, 0.717) is 23.4 Å². The molecule has 0 heterocycles. The van der Waals surface area contributed by atoms with Gasteiger partial charge in [0.2, 0.25) is 0 Å². The summed E-state index contributed by atoms with van der Waals surface area (Å²) in [4.78, 5) is 4.78. The summed E-state index contributed by atoms with van der Waals surface area (Å²) >= 11 is 0. The van der Waals surface area contributed by atoms with Crippen molar-refractivity contribution in [3.8, 4) is 11.5 Å². The van der Waals surface area contributed by atoms with E-state index >= 15 is 0 Å². The third kappa shape index (κ3) is 4.03. The van der Waals surface area contributed by atoms with Crippen molar-refractivity contribution in [3.63, 3.8) is 0 Å². The number of nitrogens with zero attached hydrogens (tertiary/aromatic N) is 1. The molecule has 0 amide bonds. The molecule has 7 heteroatoms. The van der Waals surface area contributed by atoms with Crippen LogP contribution in [-0.4, -0.2) is 39.4 Å². The van der Waals surface area contributed by atoms with Crippen LogP contribution in [0.2, 0.25) is 0 Å². The Kier molecular flexibility index (Phi) is 8.46. The average molecular weight is 477 g/mol. The first-order valence-electron chi connectivity index (χ1n) is 8.82. The molecule has 3 atom stereocenters. The summed E-state index contributed by atoms with van der Waals surface area (Å²) in [5, 5.41) is 3.16. The molecule has 3 N–H and O–H groups in total. The van der Waals surface area contributed by atoms with Gasteiger partial charge < -0.3 is 25.3 Å². The summed E-state index contributed by atoms with van der Waals surface area (Å²) < 4.78 is 16.3. The number of guanidine groups is 1. The number of anilines is 1. The van der Waals surface area contributed by atoms with Crippen molar-refractivity contribution in [3.05, 3.63) is 18.2 Å². The molecule has 1 aliphatic carbocycles. The van der Waals surface area contributed by atoms with E-state index in [9.17, 15) is 0 Å². The predicted octanol–water partition coefficient (Wildman–Crippen LogP) is 3.89. The molecule has 0 spiro atoms. The molecule has 1 aromatic rings. The molecule has 148 valence electrons. The van der Waals surface area contributed by atoms with Gasteiger partial charge in [-0.05, 0) is 25.0 Å². The number of hydrogen-bond donors (Lipinski definition) is 2. The zero-order chi connectivity index (χ0) is 18.6. The molecular formula is C19H32IN3O3. The van der Waals surface area contributed by atoms with Crippen molar-refractivity contribution in [1.82, 2.24) is 0 Å². The van der Waals surface area contributed by atoms with Crippen LogP contribution in [0.1, 0.15) is 33.6 Å². The lowest BCUT2D eigenvalue weighted by Gasteiger charge is -2.57. The Bertz CT molecular complexity index is 620. The van der Waals surface area contributed by atoms with Gasteiger partial charge in [-0.25, -0.2) is 4.99 Å². The van der Waals surface area contributed by atoms with Gasteiger partial charge in [-0.15, -0.1) is 24.0 Å². The quantitative estimate of drug-likeness (QED) is 0.354. The van der Waals surface area contributed by atoms with Gasteiger partial charge in [0.25, 0.3) is 0 Å². The van der Waals surface area contributed by atoms with Crippen molar-refractivity contribution in [1.29, 1.82) is 0 Å². The minimum absolute atomic E-state index is 0. The molecule has 1 aromatic carbocycles. The number of hydrogen-bond acceptors (Lipinski definition) is 4. The van der Waals surface area contributed by atoms with Gasteiger partial charge in [0.15, 0.2) is 17.5 Å². The van der Waals surface area contributed by atoms with E-state index < -0.39 is 0 Å². The first-order valence-corrected chi connectivity index (χ1v) is 8.82. The van der Waals surface area contributed by atoms with Crippen LogP contribution in [0.4, 0.5) is 5.69 Å². The number of nitrogens with one attached hydrogen (secondary N) is 1. The Labute approximate surface area is 173 Å². The van der Waals surface area contributed by atoms with E-state index in [-0.39, 0.29) is 41.5 Å². The number of halogens is 1. The maximum atomic E-state index is 6.18. The third-order valence-corrected chi connectivity index (χ3v) is 5.64. The molecule has 1 saturated carbocycles. The van der Waals surface area contributed by atoms with Crippen molar-refractivity contribution in [2.24, 2.45) is 22.1 Å². The smallest absolute Gasteiger partial charge is 0.193 e. The topological polar surface area (TPSA) is 78.1 Å². The van der Waals surface area contributed by atoms with E-state index in [2.05, 4.69) is 26.1 Å². The highest BCUT2D eigenvalue weighted by atomic mass is 127. The van der Waals surface area contributed by atoms with E-state index in [1.807, 2.05) is 18.2 Å². The maximum absolute atomic E-state index is 6.18. The van der Waals surface area contributed by atoms with Gasteiger partial charge in [0.1, 0.15) is 0 Å². The van der Waals surface area contributed by atoms with Crippen LogP contribution >= 0.6 is 24.0 Å². The van der Waals surface area contributed by atoms with Gasteiger partial charge in [0.05, 0.1) is 26.4 Å². The lowest BCUT2D eigenvalue weighted by atomic mass is 9.53. The summed E-state index contributed by atoms with van der Waals surface area (Å²) in [7, 11) is 5.00. The second-order valence-corrected chi connectivity index (χ2v) is 6.61. The monoisotopic (exact) mass is 477 g/mol. The van der Waals surface area contributed by atoms with E-state index in [1.54, 1.807) is 21.3 Å². The Morgan fingerprint density at radius 1 is 1.15 bits per heavy atom. The molecule has 3 unspecified atom stereocenters. The van der Waals surface area contributed by atoms with Crippen LogP contribution in [0.25, 0.3) is 0 Å². The van der Waals surface area contributed by atoms with Crippen LogP contribution in [0.15, 0.2) is 23.2 Å². The molecule has 6 nitrogen and oxygen atoms in total. The van der Waals surface area contributed by atoms with Crippen molar-refractivity contribution in [2.75, 3.05) is 26.6 Å². The molecule has 0 saturated heterocycles. The number of aliphatic imine (C=N–C) groups is 1. The standard InChI is InChI=1S/C19H31N3O3.HI/c1-7-19(8-2)16(12(3)17(19)25-6)22-18(20)21-13-9-10-14(23-4)15(11-13)24-5;/h9-12,16-17H,7-8H2,1-6H3,(H3,20,21,22);1H. The number of rotatable bonds is 7. The second-order valence-electron chi connectivity index (χ2n) is 6.61. The Morgan fingerprint density at radius 2 is 1.77 bits per heavy atom. The third-order valence-electron chi connectivity index (χ3n) is 5.64. The minimum Gasteiger partial charge on any atom is -0.493 e. The Balaban J connectivity index is 0.00000338. The van der Waals surface area contributed by atoms with Crippen LogP contribution < -0.4 is 20.5 Å². The van der Waals surface area contributed by atoms with Crippen molar-refractivity contribution in [2.45, 2.75) is 45.8 Å². The summed E-state index contributed by atoms with van der Waals surface area (Å²) in [6.45, 7) is 6.57. The summed E-state index contributed by atoms with van der Waals surface area (Å²) in [6, 6.07) is 5.72. The van der Waals surface area contributed by atoms with E-state index in [4.69, 9.17) is 24.9 Å². The molecule has 1 fully saturated rings. The van der Waals surface area contributed by atoms with Crippen LogP contribution in [0, 0.1) is 11.3 Å². The van der Waals surface area contributed by atoms with Gasteiger partial charge >= 0.3 is 0 Å². The maximum Gasteiger partial charge on any atom is 0.193 e. The van der Waals surface area contributed by atoms with E-state index in [0.717, 1.165) is 18.5 Å². The molecule has 0 radical (unpaired) electrons. The fraction of sp³-hybridized carbons (Fsp3) is 0.632. The number of ether oxygens (including phenoxy) is 3. The number of methoxy groups -OCH3 is 3. The van der Waals surface area contributed by atoms with Crippen molar-refractivity contribution >= 4 is 35.6 Å². The Morgan fingerprint density at radius 3 is 2.27 bits per heavy atom. The molecule has 26 heavy (non-hydrogen) atoms. The highest BCUT2D eigenvalue weighted by Crippen LogP contribution is 2.54. The van der Waals surface area contributed by atoms with Crippen LogP contribution in [-0.2, 0) is 4.74 Å². The molecule has 2 rings (SSSR count). The zero-order valence-corrected chi connectivity index (χ0v) is 18.9. The van der Waals surface area contributed by atoms with E-state index in [1.165, 1.54) is 0 Å². The SMILES string of the molecule is CCC1(CC)C(N=C(N)Nc2ccc(OC)c(OC)c2)C(C)C1OC.I. The molecule has 0 aromatic heterocycles. The first kappa shape index (κ1) is 22.8. The van der Waals surface area contributed by atoms with Gasteiger partial charge in [-0.3, -0.25) is 0 Å². The normalized spacial score (nSPS) is 24.2. The lowest BCUT2D eigenvalue weighted by molar-refractivity contribution is -0.156. The molecular weight excluding hydrogens is 445 g/mol. The van der Waals surface area contributed by atoms with Gasteiger partial charge in [-0.1, -0.05) is 20.8 Å². The first-order chi connectivity index (χ1) is 12.0. The molecule has 0 aliphatic heterocycles. The van der Waals surface area contributed by atoms with Crippen molar-refractivity contribution < 1.29 is 14.2 Å². The predicted molar refractivity (Wildman–Crippen MR) is 117 cm³/mol. The van der Waals surface area contributed by atoms with Gasteiger partial charge in [0, 0.05) is 30.2 Å². The number of benzene rings is 1. The fourth-order valence-electron chi connectivity index (χ4n) is 4.27. The average Bonchev–Trinajstić information content (AvgIpc) is 2.63. The Hall–Kier alpha value is -1.22. The zero-order valence-electron chi connectivity index (χ0n) is 16.5. The largest absolute Gasteiger partial charge is 0.493 e. The number of nitrogens with two attached hydrogens (primary N) is 1. The summed E-state index contributed by atoms with van der Waals surface area (Å²) in [5.74, 6) is 2.07. The molecule has 1 aliphatic rings. The molecule has 0 bridgehead atoms. The lowest BCUT2D eigenvalue weighted by Crippen LogP contribution is -2.63.